The molecule has 1 atom stereocenters. The third kappa shape index (κ3) is 4.94. The van der Waals surface area contributed by atoms with Gasteiger partial charge in [0.25, 0.3) is 0 Å². The number of nitrogens with zero attached hydrogens (tertiary/aromatic N) is 4. The average molecular weight is 413 g/mol. The number of aryl methyl sites for hydroxylation is 2. The molecular formula is C22H32N6S. The summed E-state index contributed by atoms with van der Waals surface area (Å²) in [6, 6.07) is 11.1. The van der Waals surface area contributed by atoms with Crippen molar-refractivity contribution in [3.63, 3.8) is 0 Å². The van der Waals surface area contributed by atoms with E-state index in [9.17, 15) is 0 Å². The van der Waals surface area contributed by atoms with Gasteiger partial charge in [0.15, 0.2) is 11.8 Å². The summed E-state index contributed by atoms with van der Waals surface area (Å²) in [5.41, 5.74) is 0. The Kier molecular flexibility index (Phi) is 6.43. The molecule has 0 bridgehead atoms. The number of guanidine groups is 1. The molecule has 1 aliphatic carbocycles. The second kappa shape index (κ2) is 9.20. The Morgan fingerprint density at radius 3 is 2.79 bits per heavy atom. The van der Waals surface area contributed by atoms with E-state index in [1.54, 1.807) is 0 Å². The van der Waals surface area contributed by atoms with Gasteiger partial charge in [0, 0.05) is 42.1 Å². The standard InChI is InChI=1S/C22H32N6S/c1-3-19-26-20-12-11-17(15-28(20)27-19)25-21(23-2)24-16-22(13-7-8-14-22)29-18-9-5-4-6-10-18/h4-6,9-10,17H,3,7-8,11-16H2,1-2H3,(H2,23,24,25). The zero-order valence-electron chi connectivity index (χ0n) is 17.5. The van der Waals surface area contributed by atoms with Gasteiger partial charge in [0.05, 0.1) is 6.54 Å². The van der Waals surface area contributed by atoms with E-state index >= 15 is 0 Å². The van der Waals surface area contributed by atoms with Crippen molar-refractivity contribution in [2.24, 2.45) is 4.99 Å². The lowest BCUT2D eigenvalue weighted by Gasteiger charge is -2.31. The molecule has 2 heterocycles. The van der Waals surface area contributed by atoms with E-state index in [4.69, 9.17) is 0 Å². The maximum Gasteiger partial charge on any atom is 0.191 e. The highest BCUT2D eigenvalue weighted by molar-refractivity contribution is 8.00. The molecule has 2 aliphatic rings. The SMILES string of the molecule is CCc1nc2n(n1)CC(NC(=NC)NCC1(Sc3ccccc3)CCCC1)CC2. The lowest BCUT2D eigenvalue weighted by atomic mass is 10.1. The average Bonchev–Trinajstić information content (AvgIpc) is 3.38. The predicted molar refractivity (Wildman–Crippen MR) is 120 cm³/mol. The number of aliphatic imine (C=N–C) groups is 1. The van der Waals surface area contributed by atoms with E-state index in [1.807, 2.05) is 18.8 Å². The van der Waals surface area contributed by atoms with Crippen LogP contribution in [0, 0.1) is 0 Å². The number of benzene rings is 1. The van der Waals surface area contributed by atoms with Crippen LogP contribution in [0.3, 0.4) is 0 Å². The number of rotatable bonds is 6. The van der Waals surface area contributed by atoms with Crippen LogP contribution in [0.5, 0.6) is 0 Å². The number of hydrogen-bond acceptors (Lipinski definition) is 4. The highest BCUT2D eigenvalue weighted by Gasteiger charge is 2.35. The fraction of sp³-hybridized carbons (Fsp3) is 0.591. The van der Waals surface area contributed by atoms with Crippen LogP contribution in [-0.4, -0.2) is 45.1 Å². The number of thioether (sulfide) groups is 1. The molecule has 0 radical (unpaired) electrons. The molecule has 4 rings (SSSR count). The Hall–Kier alpha value is -2.02. The molecule has 0 amide bonds. The number of hydrogen-bond donors (Lipinski definition) is 2. The predicted octanol–water partition coefficient (Wildman–Crippen LogP) is 3.43. The molecule has 156 valence electrons. The van der Waals surface area contributed by atoms with E-state index in [0.29, 0.717) is 6.04 Å². The van der Waals surface area contributed by atoms with Gasteiger partial charge in [0.1, 0.15) is 5.82 Å². The Morgan fingerprint density at radius 2 is 2.07 bits per heavy atom. The summed E-state index contributed by atoms with van der Waals surface area (Å²) in [6.45, 7) is 3.90. The first-order valence-electron chi connectivity index (χ1n) is 10.8. The van der Waals surface area contributed by atoms with Crippen LogP contribution in [0.1, 0.15) is 50.7 Å². The number of aromatic nitrogens is 3. The molecule has 1 saturated carbocycles. The molecule has 2 N–H and O–H groups in total. The highest BCUT2D eigenvalue weighted by atomic mass is 32.2. The second-order valence-corrected chi connectivity index (χ2v) is 9.63. The van der Waals surface area contributed by atoms with Crippen molar-refractivity contribution in [3.05, 3.63) is 42.0 Å². The van der Waals surface area contributed by atoms with Crippen LogP contribution in [0.4, 0.5) is 0 Å². The van der Waals surface area contributed by atoms with Crippen molar-refractivity contribution in [2.45, 2.75) is 74.1 Å². The first-order chi connectivity index (χ1) is 14.2. The molecular weight excluding hydrogens is 380 g/mol. The minimum atomic E-state index is 0.251. The van der Waals surface area contributed by atoms with Gasteiger partial charge in [-0.25, -0.2) is 9.67 Å². The third-order valence-electron chi connectivity index (χ3n) is 5.95. The monoisotopic (exact) mass is 412 g/mol. The third-order valence-corrected chi connectivity index (χ3v) is 7.45. The largest absolute Gasteiger partial charge is 0.355 e. The molecule has 2 aromatic rings. The van der Waals surface area contributed by atoms with Crippen molar-refractivity contribution < 1.29 is 0 Å². The van der Waals surface area contributed by atoms with Gasteiger partial charge in [-0.15, -0.1) is 11.8 Å². The topological polar surface area (TPSA) is 67.1 Å². The fourth-order valence-electron chi connectivity index (χ4n) is 4.33. The first kappa shape index (κ1) is 20.3. The molecule has 29 heavy (non-hydrogen) atoms. The Morgan fingerprint density at radius 1 is 1.28 bits per heavy atom. The molecule has 1 aromatic carbocycles. The van der Waals surface area contributed by atoms with Crippen molar-refractivity contribution in [3.8, 4) is 0 Å². The van der Waals surface area contributed by atoms with Crippen molar-refractivity contribution in [2.75, 3.05) is 13.6 Å². The summed E-state index contributed by atoms with van der Waals surface area (Å²) in [6.07, 6.45) is 8.05. The van der Waals surface area contributed by atoms with Crippen LogP contribution >= 0.6 is 11.8 Å². The van der Waals surface area contributed by atoms with Gasteiger partial charge in [0.2, 0.25) is 0 Å². The lowest BCUT2D eigenvalue weighted by molar-refractivity contribution is 0.391. The molecule has 7 heteroatoms. The minimum Gasteiger partial charge on any atom is -0.355 e. The van der Waals surface area contributed by atoms with Crippen LogP contribution in [0.2, 0.25) is 0 Å². The van der Waals surface area contributed by atoms with E-state index in [0.717, 1.165) is 50.0 Å². The fourth-order valence-corrected chi connectivity index (χ4v) is 5.76. The van der Waals surface area contributed by atoms with Gasteiger partial charge >= 0.3 is 0 Å². The van der Waals surface area contributed by atoms with Crippen LogP contribution in [-0.2, 0) is 19.4 Å². The molecule has 6 nitrogen and oxygen atoms in total. The van der Waals surface area contributed by atoms with Crippen molar-refractivity contribution in [1.29, 1.82) is 0 Å². The lowest BCUT2D eigenvalue weighted by Crippen LogP contribution is -2.50. The summed E-state index contributed by atoms with van der Waals surface area (Å²) in [7, 11) is 1.86. The zero-order valence-corrected chi connectivity index (χ0v) is 18.3. The molecule has 1 aliphatic heterocycles. The maximum absolute atomic E-state index is 4.62. The van der Waals surface area contributed by atoms with Gasteiger partial charge in [-0.3, -0.25) is 4.99 Å². The Labute approximate surface area is 178 Å². The van der Waals surface area contributed by atoms with Gasteiger partial charge in [-0.2, -0.15) is 5.10 Å². The van der Waals surface area contributed by atoms with E-state index in [-0.39, 0.29) is 4.75 Å². The van der Waals surface area contributed by atoms with Gasteiger partial charge in [-0.05, 0) is 31.4 Å². The van der Waals surface area contributed by atoms with E-state index < -0.39 is 0 Å². The van der Waals surface area contributed by atoms with E-state index in [2.05, 4.69) is 67.6 Å². The Balaban J connectivity index is 1.35. The quantitative estimate of drug-likeness (QED) is 0.562. The molecule has 1 aromatic heterocycles. The van der Waals surface area contributed by atoms with Crippen molar-refractivity contribution in [1.82, 2.24) is 25.4 Å². The zero-order chi connectivity index (χ0) is 20.1. The summed E-state index contributed by atoms with van der Waals surface area (Å²) >= 11 is 2.03. The summed E-state index contributed by atoms with van der Waals surface area (Å²) < 4.78 is 2.32. The summed E-state index contributed by atoms with van der Waals surface area (Å²) in [5.74, 6) is 2.96. The first-order valence-corrected chi connectivity index (χ1v) is 11.7. The summed E-state index contributed by atoms with van der Waals surface area (Å²) in [5, 5.41) is 11.9. The van der Waals surface area contributed by atoms with Crippen LogP contribution in [0.25, 0.3) is 0 Å². The normalized spacial score (nSPS) is 21.0. The number of nitrogens with one attached hydrogen (secondary N) is 2. The second-order valence-electron chi connectivity index (χ2n) is 8.09. The smallest absolute Gasteiger partial charge is 0.191 e. The van der Waals surface area contributed by atoms with E-state index in [1.165, 1.54) is 30.6 Å². The maximum atomic E-state index is 4.62. The summed E-state index contributed by atoms with van der Waals surface area (Å²) in [4.78, 5) is 10.5. The van der Waals surface area contributed by atoms with Gasteiger partial charge < -0.3 is 10.6 Å². The van der Waals surface area contributed by atoms with Crippen molar-refractivity contribution >= 4 is 17.7 Å². The van der Waals surface area contributed by atoms with Crippen LogP contribution < -0.4 is 10.6 Å². The van der Waals surface area contributed by atoms with Gasteiger partial charge in [-0.1, -0.05) is 38.0 Å². The molecule has 0 spiro atoms. The molecule has 0 saturated heterocycles. The molecule has 1 unspecified atom stereocenters. The van der Waals surface area contributed by atoms with Crippen LogP contribution in [0.15, 0.2) is 40.2 Å². The molecule has 1 fully saturated rings. The minimum absolute atomic E-state index is 0.251. The number of fused-ring (bicyclic) bond motifs is 1. The highest BCUT2D eigenvalue weighted by Crippen LogP contribution is 2.44. The Bertz CT molecular complexity index is 825.